The first-order valence-corrected chi connectivity index (χ1v) is 13.1. The molecule has 0 unspecified atom stereocenters. The lowest BCUT2D eigenvalue weighted by molar-refractivity contribution is 0.529. The minimum absolute atomic E-state index is 1.22. The molecule has 0 aromatic carbocycles. The van der Waals surface area contributed by atoms with Gasteiger partial charge in [-0.05, 0) is 56.3 Å². The highest BCUT2D eigenvalue weighted by Crippen LogP contribution is 2.32. The van der Waals surface area contributed by atoms with E-state index in [-0.39, 0.29) is 0 Å². The zero-order valence-electron chi connectivity index (χ0n) is 16.3. The highest BCUT2D eigenvalue weighted by molar-refractivity contribution is 9.12. The first-order chi connectivity index (χ1) is 12.2. The van der Waals surface area contributed by atoms with Crippen LogP contribution in [0.2, 0.25) is 0 Å². The SMILES string of the molecule is CCCCCCCCCCCCCCCCCCc1cc(Br)sc1Br. The second-order valence-electron chi connectivity index (χ2n) is 7.40. The third kappa shape index (κ3) is 13.5. The van der Waals surface area contributed by atoms with Gasteiger partial charge in [-0.2, -0.15) is 0 Å². The van der Waals surface area contributed by atoms with Crippen LogP contribution in [-0.2, 0) is 6.42 Å². The standard InChI is InChI=1S/C22H38Br2S/c1-2-3-4-5-6-7-8-9-10-11-12-13-14-15-16-17-18-20-19-21(23)25-22(20)24/h19H,2-18H2,1H3. The monoisotopic (exact) mass is 492 g/mol. The topological polar surface area (TPSA) is 0 Å². The van der Waals surface area contributed by atoms with E-state index in [2.05, 4.69) is 44.8 Å². The molecule has 25 heavy (non-hydrogen) atoms. The van der Waals surface area contributed by atoms with Crippen molar-refractivity contribution in [3.63, 3.8) is 0 Å². The average molecular weight is 494 g/mol. The van der Waals surface area contributed by atoms with Gasteiger partial charge in [0, 0.05) is 0 Å². The Morgan fingerprint density at radius 3 is 1.40 bits per heavy atom. The van der Waals surface area contributed by atoms with Gasteiger partial charge < -0.3 is 0 Å². The van der Waals surface area contributed by atoms with E-state index in [4.69, 9.17) is 0 Å². The largest absolute Gasteiger partial charge is 0.121 e. The zero-order valence-corrected chi connectivity index (χ0v) is 20.3. The normalized spacial score (nSPS) is 11.3. The molecule has 146 valence electrons. The summed E-state index contributed by atoms with van der Waals surface area (Å²) in [6.45, 7) is 2.30. The van der Waals surface area contributed by atoms with Crippen molar-refractivity contribution in [2.24, 2.45) is 0 Å². The summed E-state index contributed by atoms with van der Waals surface area (Å²) in [4.78, 5) is 0. The summed E-state index contributed by atoms with van der Waals surface area (Å²) in [6, 6.07) is 2.26. The molecule has 1 aromatic rings. The Morgan fingerprint density at radius 2 is 1.04 bits per heavy atom. The van der Waals surface area contributed by atoms with Gasteiger partial charge in [0.2, 0.25) is 0 Å². The summed E-state index contributed by atoms with van der Waals surface area (Å²) in [7, 11) is 0. The lowest BCUT2D eigenvalue weighted by Gasteiger charge is -2.03. The molecule has 1 heterocycles. The average Bonchev–Trinajstić information content (AvgIpc) is 2.92. The summed E-state index contributed by atoms with van der Waals surface area (Å²) in [6.07, 6.45) is 24.2. The molecule has 1 rings (SSSR count). The van der Waals surface area contributed by atoms with Crippen molar-refractivity contribution in [3.05, 3.63) is 19.2 Å². The van der Waals surface area contributed by atoms with Crippen molar-refractivity contribution in [1.82, 2.24) is 0 Å². The van der Waals surface area contributed by atoms with E-state index >= 15 is 0 Å². The number of aryl methyl sites for hydroxylation is 1. The van der Waals surface area contributed by atoms with Crippen molar-refractivity contribution in [3.8, 4) is 0 Å². The van der Waals surface area contributed by atoms with E-state index in [0.29, 0.717) is 0 Å². The van der Waals surface area contributed by atoms with E-state index in [1.807, 2.05) is 0 Å². The fourth-order valence-corrected chi connectivity index (χ4v) is 6.32. The summed E-state index contributed by atoms with van der Waals surface area (Å²) in [5.41, 5.74) is 1.47. The molecule has 0 atom stereocenters. The summed E-state index contributed by atoms with van der Waals surface area (Å²) in [5.74, 6) is 0. The van der Waals surface area contributed by atoms with Crippen LogP contribution in [-0.4, -0.2) is 0 Å². The Kier molecular flexibility index (Phi) is 15.9. The molecule has 0 radical (unpaired) electrons. The molecule has 3 heteroatoms. The molecule has 0 bridgehead atoms. The van der Waals surface area contributed by atoms with Crippen LogP contribution in [0.3, 0.4) is 0 Å². The number of hydrogen-bond acceptors (Lipinski definition) is 1. The Morgan fingerprint density at radius 1 is 0.640 bits per heavy atom. The van der Waals surface area contributed by atoms with Crippen molar-refractivity contribution >= 4 is 43.2 Å². The zero-order chi connectivity index (χ0) is 18.2. The van der Waals surface area contributed by atoms with Crippen LogP contribution >= 0.6 is 43.2 Å². The van der Waals surface area contributed by atoms with E-state index in [0.717, 1.165) is 0 Å². The minimum atomic E-state index is 1.22. The Bertz CT molecular complexity index is 414. The third-order valence-corrected chi connectivity index (χ3v) is 7.49. The van der Waals surface area contributed by atoms with E-state index in [1.54, 1.807) is 11.3 Å². The molecule has 0 saturated carbocycles. The second kappa shape index (κ2) is 16.8. The van der Waals surface area contributed by atoms with E-state index in [1.165, 1.54) is 122 Å². The van der Waals surface area contributed by atoms with E-state index < -0.39 is 0 Å². The van der Waals surface area contributed by atoms with Gasteiger partial charge in [-0.3, -0.25) is 0 Å². The Labute approximate surface area is 177 Å². The maximum Gasteiger partial charge on any atom is 0.0742 e. The van der Waals surface area contributed by atoms with Gasteiger partial charge in [0.05, 0.1) is 7.57 Å². The van der Waals surface area contributed by atoms with Crippen LogP contribution in [0.4, 0.5) is 0 Å². The molecule has 1 aromatic heterocycles. The van der Waals surface area contributed by atoms with Gasteiger partial charge in [-0.1, -0.05) is 103 Å². The predicted octanol–water partition coefficient (Wildman–Crippen LogP) is 10.1. The molecule has 0 nitrogen and oxygen atoms in total. The first kappa shape index (κ1) is 23.7. The Balaban J connectivity index is 1.75. The molecule has 0 saturated heterocycles. The number of unbranched alkanes of at least 4 members (excludes halogenated alkanes) is 15. The molecular weight excluding hydrogens is 456 g/mol. The highest BCUT2D eigenvalue weighted by Gasteiger charge is 2.04. The predicted molar refractivity (Wildman–Crippen MR) is 123 cm³/mol. The summed E-state index contributed by atoms with van der Waals surface area (Å²) >= 11 is 9.01. The molecule has 0 amide bonds. The summed E-state index contributed by atoms with van der Waals surface area (Å²) in [5, 5.41) is 0. The van der Waals surface area contributed by atoms with Gasteiger partial charge >= 0.3 is 0 Å². The van der Waals surface area contributed by atoms with Crippen molar-refractivity contribution < 1.29 is 0 Å². The minimum Gasteiger partial charge on any atom is -0.121 e. The van der Waals surface area contributed by atoms with Gasteiger partial charge in [0.15, 0.2) is 0 Å². The lowest BCUT2D eigenvalue weighted by Crippen LogP contribution is -1.86. The molecule has 0 fully saturated rings. The van der Waals surface area contributed by atoms with Gasteiger partial charge in [-0.25, -0.2) is 0 Å². The van der Waals surface area contributed by atoms with Crippen molar-refractivity contribution in [2.45, 2.75) is 116 Å². The molecule has 0 spiro atoms. The number of rotatable bonds is 17. The number of thiophene rings is 1. The molecule has 0 aliphatic carbocycles. The fourth-order valence-electron chi connectivity index (χ4n) is 3.41. The van der Waals surface area contributed by atoms with Crippen LogP contribution in [0.15, 0.2) is 13.6 Å². The van der Waals surface area contributed by atoms with Gasteiger partial charge in [0.1, 0.15) is 0 Å². The fraction of sp³-hybridized carbons (Fsp3) is 0.818. The van der Waals surface area contributed by atoms with Gasteiger partial charge in [-0.15, -0.1) is 11.3 Å². The van der Waals surface area contributed by atoms with E-state index in [9.17, 15) is 0 Å². The highest BCUT2D eigenvalue weighted by atomic mass is 79.9. The maximum absolute atomic E-state index is 3.65. The number of halogens is 2. The first-order valence-electron chi connectivity index (χ1n) is 10.7. The maximum atomic E-state index is 3.65. The van der Waals surface area contributed by atoms with Crippen molar-refractivity contribution in [1.29, 1.82) is 0 Å². The third-order valence-electron chi connectivity index (χ3n) is 5.03. The molecule has 0 N–H and O–H groups in total. The van der Waals surface area contributed by atoms with Crippen LogP contribution < -0.4 is 0 Å². The Hall–Kier alpha value is 0.660. The molecule has 0 aliphatic heterocycles. The second-order valence-corrected chi connectivity index (χ2v) is 11.2. The van der Waals surface area contributed by atoms with Gasteiger partial charge in [0.25, 0.3) is 0 Å². The molecule has 0 aliphatic rings. The van der Waals surface area contributed by atoms with Crippen molar-refractivity contribution in [2.75, 3.05) is 0 Å². The van der Waals surface area contributed by atoms with Crippen LogP contribution in [0, 0.1) is 0 Å². The quantitative estimate of drug-likeness (QED) is 0.189. The van der Waals surface area contributed by atoms with Crippen LogP contribution in [0.1, 0.15) is 115 Å². The lowest BCUT2D eigenvalue weighted by atomic mass is 10.0. The van der Waals surface area contributed by atoms with Crippen LogP contribution in [0.5, 0.6) is 0 Å². The molecular formula is C22H38Br2S. The van der Waals surface area contributed by atoms with Crippen LogP contribution in [0.25, 0.3) is 0 Å². The number of hydrogen-bond donors (Lipinski definition) is 0. The summed E-state index contributed by atoms with van der Waals surface area (Å²) < 4.78 is 2.55. The smallest absolute Gasteiger partial charge is 0.0742 e.